The Bertz CT molecular complexity index is 890. The van der Waals surface area contributed by atoms with Gasteiger partial charge in [0.2, 0.25) is 11.0 Å². The summed E-state index contributed by atoms with van der Waals surface area (Å²) in [5.74, 6) is 0.829. The van der Waals surface area contributed by atoms with Gasteiger partial charge in [-0.2, -0.15) is 0 Å². The fourth-order valence-electron chi connectivity index (χ4n) is 2.20. The molecule has 0 unspecified atom stereocenters. The van der Waals surface area contributed by atoms with Crippen LogP contribution >= 0.6 is 23.1 Å². The third-order valence-electron chi connectivity index (χ3n) is 3.31. The second-order valence-corrected chi connectivity index (χ2v) is 7.34. The molecule has 1 aromatic carbocycles. The number of benzene rings is 1. The molecule has 0 atom stereocenters. The second-order valence-electron chi connectivity index (χ2n) is 5.22. The number of carbonyl (C=O) groups is 1. The van der Waals surface area contributed by atoms with Gasteiger partial charge in [0.15, 0.2) is 5.16 Å². The van der Waals surface area contributed by atoms with Gasteiger partial charge in [0.1, 0.15) is 10.8 Å². The Balaban J connectivity index is 1.72. The van der Waals surface area contributed by atoms with Crippen LogP contribution in [0.5, 0.6) is 5.75 Å². The van der Waals surface area contributed by atoms with Gasteiger partial charge in [0.05, 0.1) is 18.6 Å². The van der Waals surface area contributed by atoms with Crippen LogP contribution in [0.15, 0.2) is 35.7 Å². The van der Waals surface area contributed by atoms with Crippen LogP contribution in [0.25, 0.3) is 5.69 Å². The van der Waals surface area contributed by atoms with Crippen molar-refractivity contribution in [1.29, 1.82) is 0 Å². The summed E-state index contributed by atoms with van der Waals surface area (Å²) in [4.78, 5) is 16.4. The van der Waals surface area contributed by atoms with E-state index in [1.165, 1.54) is 23.1 Å². The fraction of sp³-hybridized carbons (Fsp3) is 0.250. The summed E-state index contributed by atoms with van der Waals surface area (Å²) >= 11 is 2.69. The van der Waals surface area contributed by atoms with Crippen molar-refractivity contribution in [3.05, 3.63) is 41.2 Å². The Kier molecular flexibility index (Phi) is 5.34. The average Bonchev–Trinajstić information content (AvgIpc) is 3.21. The molecule has 25 heavy (non-hydrogen) atoms. The molecular weight excluding hydrogens is 358 g/mol. The molecule has 2 heterocycles. The maximum absolute atomic E-state index is 12.1. The smallest absolute Gasteiger partial charge is 0.236 e. The molecule has 9 heteroatoms. The maximum atomic E-state index is 12.1. The fourth-order valence-corrected chi connectivity index (χ4v) is 3.57. The van der Waals surface area contributed by atoms with Crippen molar-refractivity contribution in [2.24, 2.45) is 0 Å². The first kappa shape index (κ1) is 17.4. The van der Waals surface area contributed by atoms with Gasteiger partial charge < -0.3 is 4.74 Å². The average molecular weight is 375 g/mol. The highest BCUT2D eigenvalue weighted by molar-refractivity contribution is 7.99. The minimum absolute atomic E-state index is 0.146. The summed E-state index contributed by atoms with van der Waals surface area (Å²) in [6.45, 7) is 3.86. The predicted molar refractivity (Wildman–Crippen MR) is 98.9 cm³/mol. The van der Waals surface area contributed by atoms with E-state index in [0.717, 1.165) is 22.0 Å². The minimum atomic E-state index is -0.146. The van der Waals surface area contributed by atoms with Crippen molar-refractivity contribution < 1.29 is 9.53 Å². The molecular formula is C16H17N5O2S2. The molecule has 0 aliphatic rings. The largest absolute Gasteiger partial charge is 0.495 e. The maximum Gasteiger partial charge on any atom is 0.236 e. The first-order chi connectivity index (χ1) is 12.1. The summed E-state index contributed by atoms with van der Waals surface area (Å²) in [6.07, 6.45) is 3.56. The number of thioether (sulfide) groups is 1. The molecule has 3 aromatic rings. The van der Waals surface area contributed by atoms with Gasteiger partial charge in [-0.3, -0.25) is 14.7 Å². The summed E-state index contributed by atoms with van der Waals surface area (Å²) in [5.41, 5.74) is 2.01. The molecule has 7 nitrogen and oxygen atoms in total. The molecule has 0 aliphatic carbocycles. The normalized spacial score (nSPS) is 10.7. The lowest BCUT2D eigenvalue weighted by Gasteiger charge is -2.12. The highest BCUT2D eigenvalue weighted by atomic mass is 32.2. The lowest BCUT2D eigenvalue weighted by molar-refractivity contribution is -0.113. The Hall–Kier alpha value is -2.39. The van der Waals surface area contributed by atoms with Gasteiger partial charge >= 0.3 is 0 Å². The predicted octanol–water partition coefficient (Wildman–Crippen LogP) is 3.08. The Morgan fingerprint density at radius 1 is 1.36 bits per heavy atom. The van der Waals surface area contributed by atoms with Gasteiger partial charge in [-0.05, 0) is 31.5 Å². The van der Waals surface area contributed by atoms with E-state index in [0.29, 0.717) is 10.3 Å². The van der Waals surface area contributed by atoms with Gasteiger partial charge in [0.25, 0.3) is 0 Å². The monoisotopic (exact) mass is 375 g/mol. The number of aryl methyl sites for hydroxylation is 2. The van der Waals surface area contributed by atoms with E-state index in [-0.39, 0.29) is 11.7 Å². The molecule has 1 N–H and O–H groups in total. The van der Waals surface area contributed by atoms with E-state index in [9.17, 15) is 4.79 Å². The second kappa shape index (κ2) is 7.66. The third-order valence-corrected chi connectivity index (χ3v) is 5.03. The van der Waals surface area contributed by atoms with Gasteiger partial charge in [-0.1, -0.05) is 29.2 Å². The van der Waals surface area contributed by atoms with Gasteiger partial charge in [-0.15, -0.1) is 10.2 Å². The zero-order chi connectivity index (χ0) is 17.8. The lowest BCUT2D eigenvalue weighted by Crippen LogP contribution is -2.14. The molecule has 2 aromatic heterocycles. The molecule has 0 aliphatic heterocycles. The van der Waals surface area contributed by atoms with Crippen molar-refractivity contribution >= 4 is 34.1 Å². The van der Waals surface area contributed by atoms with Crippen LogP contribution in [0.2, 0.25) is 0 Å². The number of methoxy groups -OCH3 is 1. The first-order valence-corrected chi connectivity index (χ1v) is 9.28. The zero-order valence-electron chi connectivity index (χ0n) is 14.0. The van der Waals surface area contributed by atoms with Crippen LogP contribution < -0.4 is 10.1 Å². The number of amides is 1. The number of anilines is 1. The van der Waals surface area contributed by atoms with Crippen molar-refractivity contribution in [3.8, 4) is 11.4 Å². The first-order valence-electron chi connectivity index (χ1n) is 7.48. The number of nitrogens with zero attached hydrogens (tertiary/aromatic N) is 4. The van der Waals surface area contributed by atoms with Crippen molar-refractivity contribution in [2.45, 2.75) is 19.0 Å². The number of hydrogen-bond donors (Lipinski definition) is 1. The molecule has 0 fully saturated rings. The van der Waals surface area contributed by atoms with E-state index in [1.807, 2.05) is 42.8 Å². The van der Waals surface area contributed by atoms with Gasteiger partial charge in [-0.25, -0.2) is 4.98 Å². The lowest BCUT2D eigenvalue weighted by atomic mass is 10.2. The van der Waals surface area contributed by atoms with E-state index in [1.54, 1.807) is 13.3 Å². The summed E-state index contributed by atoms with van der Waals surface area (Å²) in [7, 11) is 1.63. The van der Waals surface area contributed by atoms with Gasteiger partial charge in [0, 0.05) is 12.4 Å². The minimum Gasteiger partial charge on any atom is -0.495 e. The number of carbonyl (C=O) groups excluding carboxylic acids is 1. The summed E-state index contributed by atoms with van der Waals surface area (Å²) in [6, 6.07) is 5.93. The van der Waals surface area contributed by atoms with Crippen LogP contribution in [-0.2, 0) is 4.79 Å². The number of imidazole rings is 1. The quantitative estimate of drug-likeness (QED) is 0.667. The molecule has 1 amide bonds. The van der Waals surface area contributed by atoms with E-state index in [2.05, 4.69) is 20.5 Å². The van der Waals surface area contributed by atoms with Crippen molar-refractivity contribution in [3.63, 3.8) is 0 Å². The molecule has 130 valence electrons. The number of aromatic nitrogens is 4. The Morgan fingerprint density at radius 3 is 2.92 bits per heavy atom. The standard InChI is InChI=1S/C16H17N5O2S2/c1-10-4-5-13(23-3)12(8-10)21-7-6-17-16(21)24-9-14(22)18-15-20-19-11(2)25-15/h4-8H,9H2,1-3H3,(H,18,20,22). The van der Waals surface area contributed by atoms with Crippen molar-refractivity contribution in [2.75, 3.05) is 18.2 Å². The summed E-state index contributed by atoms with van der Waals surface area (Å²) in [5, 5.41) is 12.5. The van der Waals surface area contributed by atoms with Crippen LogP contribution in [-0.4, -0.2) is 38.5 Å². The van der Waals surface area contributed by atoms with Crippen LogP contribution in [0.3, 0.4) is 0 Å². The Morgan fingerprint density at radius 2 is 2.20 bits per heavy atom. The third kappa shape index (κ3) is 4.18. The van der Waals surface area contributed by atoms with Crippen LogP contribution in [0.4, 0.5) is 5.13 Å². The zero-order valence-corrected chi connectivity index (χ0v) is 15.6. The number of ether oxygens (including phenoxy) is 1. The number of rotatable bonds is 6. The molecule has 0 saturated carbocycles. The highest BCUT2D eigenvalue weighted by Gasteiger charge is 2.13. The molecule has 3 rings (SSSR count). The van der Waals surface area contributed by atoms with E-state index in [4.69, 9.17) is 4.74 Å². The van der Waals surface area contributed by atoms with Crippen molar-refractivity contribution in [1.82, 2.24) is 19.7 Å². The topological polar surface area (TPSA) is 81.9 Å². The SMILES string of the molecule is COc1ccc(C)cc1-n1ccnc1SCC(=O)Nc1nnc(C)s1. The molecule has 0 bridgehead atoms. The van der Waals surface area contributed by atoms with Crippen LogP contribution in [0, 0.1) is 13.8 Å². The molecule has 0 saturated heterocycles. The summed E-state index contributed by atoms with van der Waals surface area (Å²) < 4.78 is 7.35. The molecule has 0 spiro atoms. The van der Waals surface area contributed by atoms with Crippen LogP contribution in [0.1, 0.15) is 10.6 Å². The number of nitrogens with one attached hydrogen (secondary N) is 1. The Labute approximate surface area is 153 Å². The number of hydrogen-bond acceptors (Lipinski definition) is 7. The highest BCUT2D eigenvalue weighted by Crippen LogP contribution is 2.28. The molecule has 0 radical (unpaired) electrons. The van der Waals surface area contributed by atoms with E-state index < -0.39 is 0 Å². The van der Waals surface area contributed by atoms with E-state index >= 15 is 0 Å².